The van der Waals surface area contributed by atoms with Crippen molar-refractivity contribution in [2.75, 3.05) is 34.0 Å². The van der Waals surface area contributed by atoms with Crippen molar-refractivity contribution in [2.24, 2.45) is 4.99 Å². The zero-order chi connectivity index (χ0) is 27.1. The second-order valence-electron chi connectivity index (χ2n) is 8.31. The molecule has 3 aromatic rings. The molecular formula is C29H30N2O6S. The van der Waals surface area contributed by atoms with Gasteiger partial charge in [-0.25, -0.2) is 9.79 Å². The molecule has 9 heteroatoms. The lowest BCUT2D eigenvalue weighted by Crippen LogP contribution is -2.40. The summed E-state index contributed by atoms with van der Waals surface area (Å²) in [6.45, 7) is 4.30. The van der Waals surface area contributed by atoms with Gasteiger partial charge in [-0.05, 0) is 31.6 Å². The summed E-state index contributed by atoms with van der Waals surface area (Å²) in [6, 6.07) is 14.4. The molecule has 1 aliphatic heterocycles. The van der Waals surface area contributed by atoms with Gasteiger partial charge in [0.05, 0.1) is 36.1 Å². The van der Waals surface area contributed by atoms with Crippen molar-refractivity contribution in [3.63, 3.8) is 0 Å². The van der Waals surface area contributed by atoms with E-state index in [0.29, 0.717) is 38.7 Å². The lowest BCUT2D eigenvalue weighted by Gasteiger charge is -2.27. The molecule has 2 aromatic carbocycles. The second kappa shape index (κ2) is 12.5. The van der Waals surface area contributed by atoms with Crippen molar-refractivity contribution in [1.82, 2.24) is 4.57 Å². The first-order chi connectivity index (χ1) is 18.5. The minimum Gasteiger partial charge on any atom is -0.493 e. The van der Waals surface area contributed by atoms with E-state index in [2.05, 4.69) is 4.99 Å². The Balaban J connectivity index is 1.90. The number of methoxy groups -OCH3 is 2. The molecule has 0 aliphatic carbocycles. The van der Waals surface area contributed by atoms with Gasteiger partial charge in [0.15, 0.2) is 16.3 Å². The first kappa shape index (κ1) is 27.1. The molecule has 4 rings (SSSR count). The molecule has 0 spiro atoms. The Kier molecular flexibility index (Phi) is 8.93. The number of benzene rings is 2. The van der Waals surface area contributed by atoms with Crippen LogP contribution in [-0.2, 0) is 14.3 Å². The first-order valence-electron chi connectivity index (χ1n) is 12.2. The number of thiazole rings is 1. The summed E-state index contributed by atoms with van der Waals surface area (Å²) in [7, 11) is 3.08. The number of carbonyl (C=O) groups is 1. The van der Waals surface area contributed by atoms with Gasteiger partial charge >= 0.3 is 5.97 Å². The Bertz CT molecular complexity index is 1540. The fourth-order valence-electron chi connectivity index (χ4n) is 4.20. The number of carbonyl (C=O) groups excluding carboxylic acids is 1. The molecule has 8 nitrogen and oxygen atoms in total. The van der Waals surface area contributed by atoms with Crippen LogP contribution in [0.1, 0.15) is 31.0 Å². The van der Waals surface area contributed by atoms with Crippen molar-refractivity contribution in [3.8, 4) is 11.5 Å². The van der Waals surface area contributed by atoms with E-state index >= 15 is 0 Å². The van der Waals surface area contributed by atoms with Crippen LogP contribution in [0.2, 0.25) is 0 Å². The zero-order valence-electron chi connectivity index (χ0n) is 21.8. The number of ether oxygens (including phenoxy) is 4. The number of aromatic nitrogens is 1. The van der Waals surface area contributed by atoms with Gasteiger partial charge in [0.1, 0.15) is 12.6 Å². The van der Waals surface area contributed by atoms with E-state index in [4.69, 9.17) is 18.9 Å². The number of hydrogen-bond donors (Lipinski definition) is 0. The lowest BCUT2D eigenvalue weighted by molar-refractivity contribution is -0.140. The van der Waals surface area contributed by atoms with Crippen LogP contribution in [-0.4, -0.2) is 44.6 Å². The average molecular weight is 535 g/mol. The van der Waals surface area contributed by atoms with Gasteiger partial charge in [0.2, 0.25) is 0 Å². The fourth-order valence-corrected chi connectivity index (χ4v) is 5.20. The van der Waals surface area contributed by atoms with Crippen LogP contribution in [0, 0.1) is 0 Å². The van der Waals surface area contributed by atoms with Gasteiger partial charge in [-0.3, -0.25) is 9.36 Å². The van der Waals surface area contributed by atoms with Crippen molar-refractivity contribution >= 4 is 29.5 Å². The summed E-state index contributed by atoms with van der Waals surface area (Å²) in [6.07, 6.45) is 5.52. The third kappa shape index (κ3) is 5.64. The Labute approximate surface area is 224 Å². The summed E-state index contributed by atoms with van der Waals surface area (Å²) in [5, 5.41) is 0. The molecule has 0 radical (unpaired) electrons. The maximum Gasteiger partial charge on any atom is 0.338 e. The van der Waals surface area contributed by atoms with E-state index in [-0.39, 0.29) is 24.3 Å². The van der Waals surface area contributed by atoms with Crippen LogP contribution in [0.25, 0.3) is 12.2 Å². The maximum absolute atomic E-state index is 13.8. The predicted molar refractivity (Wildman–Crippen MR) is 147 cm³/mol. The van der Waals surface area contributed by atoms with Crippen molar-refractivity contribution in [1.29, 1.82) is 0 Å². The van der Waals surface area contributed by atoms with Crippen LogP contribution < -0.4 is 24.4 Å². The molecule has 0 bridgehead atoms. The highest BCUT2D eigenvalue weighted by atomic mass is 32.1. The fraction of sp³-hybridized carbons (Fsp3) is 0.276. The molecule has 0 saturated heterocycles. The van der Waals surface area contributed by atoms with Gasteiger partial charge in [0.25, 0.3) is 5.56 Å². The number of para-hydroxylation sites is 1. The zero-order valence-corrected chi connectivity index (χ0v) is 22.6. The van der Waals surface area contributed by atoms with E-state index < -0.39 is 12.0 Å². The van der Waals surface area contributed by atoms with Gasteiger partial charge < -0.3 is 18.9 Å². The minimum atomic E-state index is -0.821. The smallest absolute Gasteiger partial charge is 0.338 e. The standard InChI is InChI=1S/C29H30N2O6S/c1-5-36-26-21(14-10-15-22(26)35-4)25-24(28(33)37-18-17-34-3)19(2)30-29-31(25)27(32)23(38-29)16-9-13-20-11-7-6-8-12-20/h6-16,25H,5,17-18H2,1-4H3/b13-9+,23-16+/t25-/m0/s1. The summed E-state index contributed by atoms with van der Waals surface area (Å²) in [4.78, 5) is 32.2. The summed E-state index contributed by atoms with van der Waals surface area (Å²) in [5.74, 6) is 0.383. The highest BCUT2D eigenvalue weighted by Gasteiger charge is 2.36. The number of nitrogens with zero attached hydrogens (tertiary/aromatic N) is 2. The SMILES string of the molecule is CCOc1c(OC)cccc1[C@H]1C(C(=O)OCCOC)=C(C)N=c2s/c(=C/C=C/c3ccccc3)c(=O)n21. The summed E-state index contributed by atoms with van der Waals surface area (Å²) >= 11 is 1.26. The number of rotatable bonds is 10. The van der Waals surface area contributed by atoms with Crippen molar-refractivity contribution < 1.29 is 23.7 Å². The van der Waals surface area contributed by atoms with Gasteiger partial charge in [-0.15, -0.1) is 0 Å². The topological polar surface area (TPSA) is 88.4 Å². The largest absolute Gasteiger partial charge is 0.493 e. The van der Waals surface area contributed by atoms with Gasteiger partial charge in [0, 0.05) is 12.7 Å². The van der Waals surface area contributed by atoms with E-state index in [9.17, 15) is 9.59 Å². The Morgan fingerprint density at radius 2 is 1.89 bits per heavy atom. The number of hydrogen-bond acceptors (Lipinski definition) is 8. The normalized spacial score (nSPS) is 15.4. The van der Waals surface area contributed by atoms with Crippen molar-refractivity contribution in [2.45, 2.75) is 19.9 Å². The molecule has 0 N–H and O–H groups in total. The molecule has 2 heterocycles. The molecular weight excluding hydrogens is 504 g/mol. The highest BCUT2D eigenvalue weighted by molar-refractivity contribution is 7.07. The van der Waals surface area contributed by atoms with Gasteiger partial charge in [-0.1, -0.05) is 66.0 Å². The van der Waals surface area contributed by atoms with E-state index in [1.54, 1.807) is 32.2 Å². The minimum absolute atomic E-state index is 0.0734. The maximum atomic E-state index is 13.8. The molecule has 0 unspecified atom stereocenters. The van der Waals surface area contributed by atoms with Crippen molar-refractivity contribution in [3.05, 3.63) is 96.7 Å². The Hall–Kier alpha value is -3.95. The second-order valence-corrected chi connectivity index (χ2v) is 9.32. The molecule has 0 saturated carbocycles. The monoisotopic (exact) mass is 534 g/mol. The van der Waals surface area contributed by atoms with E-state index in [1.807, 2.05) is 55.5 Å². The summed E-state index contributed by atoms with van der Waals surface area (Å²) in [5.41, 5.74) is 2.08. The predicted octanol–water partition coefficient (Wildman–Crippen LogP) is 3.50. The average Bonchev–Trinajstić information content (AvgIpc) is 3.23. The third-order valence-corrected chi connectivity index (χ3v) is 6.91. The molecule has 1 aromatic heterocycles. The van der Waals surface area contributed by atoms with Crippen LogP contribution >= 0.6 is 11.3 Å². The van der Waals surface area contributed by atoms with Crippen LogP contribution in [0.3, 0.4) is 0 Å². The number of allylic oxidation sites excluding steroid dienone is 2. The van der Waals surface area contributed by atoms with Crippen LogP contribution in [0.15, 0.2) is 75.7 Å². The van der Waals surface area contributed by atoms with Crippen LogP contribution in [0.5, 0.6) is 11.5 Å². The lowest BCUT2D eigenvalue weighted by atomic mass is 9.94. The van der Waals surface area contributed by atoms with E-state index in [1.165, 1.54) is 23.0 Å². The van der Waals surface area contributed by atoms with E-state index in [0.717, 1.165) is 5.56 Å². The summed E-state index contributed by atoms with van der Waals surface area (Å²) < 4.78 is 24.1. The molecule has 0 fully saturated rings. The third-order valence-electron chi connectivity index (χ3n) is 5.91. The number of fused-ring (bicyclic) bond motifs is 1. The first-order valence-corrected chi connectivity index (χ1v) is 13.0. The Morgan fingerprint density at radius 1 is 1.11 bits per heavy atom. The molecule has 38 heavy (non-hydrogen) atoms. The highest BCUT2D eigenvalue weighted by Crippen LogP contribution is 2.40. The molecule has 0 amide bonds. The Morgan fingerprint density at radius 3 is 2.61 bits per heavy atom. The number of esters is 1. The molecule has 1 aliphatic rings. The quantitative estimate of drug-likeness (QED) is 0.292. The van der Waals surface area contributed by atoms with Crippen LogP contribution in [0.4, 0.5) is 0 Å². The molecule has 1 atom stereocenters. The van der Waals surface area contributed by atoms with Gasteiger partial charge in [-0.2, -0.15) is 0 Å². The molecule has 198 valence electrons.